The number of hydrogen-bond donors (Lipinski definition) is 1. The Balaban J connectivity index is 1.48. The van der Waals surface area contributed by atoms with Gasteiger partial charge in [-0.15, -0.1) is 0 Å². The summed E-state index contributed by atoms with van der Waals surface area (Å²) in [6.07, 6.45) is 4.77. The first-order valence-corrected chi connectivity index (χ1v) is 13.3. The zero-order valence-corrected chi connectivity index (χ0v) is 21.4. The van der Waals surface area contributed by atoms with Crippen molar-refractivity contribution < 1.29 is 31.1 Å². The minimum Gasteiger partial charge on any atom is -0.487 e. The molecule has 0 spiro atoms. The molecule has 1 saturated heterocycles. The fourth-order valence-corrected chi connectivity index (χ4v) is 5.55. The van der Waals surface area contributed by atoms with Gasteiger partial charge >= 0.3 is 0 Å². The van der Waals surface area contributed by atoms with Crippen molar-refractivity contribution in [1.82, 2.24) is 19.7 Å². The number of pyridine rings is 2. The van der Waals surface area contributed by atoms with Crippen molar-refractivity contribution in [3.63, 3.8) is 0 Å². The lowest BCUT2D eigenvalue weighted by molar-refractivity contribution is -0.0371. The van der Waals surface area contributed by atoms with Gasteiger partial charge in [-0.3, -0.25) is 4.98 Å². The van der Waals surface area contributed by atoms with Gasteiger partial charge in [-0.25, -0.2) is 36.4 Å². The van der Waals surface area contributed by atoms with E-state index in [0.29, 0.717) is 23.3 Å². The van der Waals surface area contributed by atoms with Crippen LogP contribution in [0.25, 0.3) is 22.2 Å². The lowest BCUT2D eigenvalue weighted by Crippen LogP contribution is -2.19. The third kappa shape index (κ3) is 4.72. The van der Waals surface area contributed by atoms with Crippen molar-refractivity contribution in [2.24, 2.45) is 5.14 Å². The van der Waals surface area contributed by atoms with Gasteiger partial charge in [0.05, 0.1) is 29.3 Å². The van der Waals surface area contributed by atoms with E-state index in [1.165, 1.54) is 13.1 Å². The van der Waals surface area contributed by atoms with Crippen LogP contribution in [0.15, 0.2) is 35.5 Å². The van der Waals surface area contributed by atoms with Gasteiger partial charge in [0.1, 0.15) is 28.9 Å². The van der Waals surface area contributed by atoms with Gasteiger partial charge in [-0.05, 0) is 51.3 Å². The highest BCUT2D eigenvalue weighted by atomic mass is 32.2. The van der Waals surface area contributed by atoms with E-state index in [-0.39, 0.29) is 17.7 Å². The van der Waals surface area contributed by atoms with Crippen molar-refractivity contribution in [2.45, 2.75) is 50.8 Å². The van der Waals surface area contributed by atoms with E-state index in [4.69, 9.17) is 14.6 Å². The Morgan fingerprint density at radius 2 is 1.89 bits per heavy atom. The molecule has 9 nitrogen and oxygen atoms in total. The first-order chi connectivity index (χ1) is 18.1. The second kappa shape index (κ2) is 9.97. The van der Waals surface area contributed by atoms with E-state index in [2.05, 4.69) is 15.1 Å². The fourth-order valence-electron chi connectivity index (χ4n) is 4.59. The highest BCUT2D eigenvalue weighted by Crippen LogP contribution is 2.35. The van der Waals surface area contributed by atoms with Crippen molar-refractivity contribution in [3.05, 3.63) is 65.0 Å². The predicted molar refractivity (Wildman–Crippen MR) is 131 cm³/mol. The molecule has 1 unspecified atom stereocenters. The number of aromatic nitrogens is 4. The number of rotatable bonds is 6. The van der Waals surface area contributed by atoms with E-state index < -0.39 is 55.7 Å². The standard InChI is InChI=1S/C25H24F3N5O4S/c1-13-17-9-15(10-31-25(17)33(32-13)21-5-3-4-8-36-21)37-12-18-19(26)7-6-16(23(18)28)22-20(27)11-30-14(2)24(22)38(29,34)35/h6-7,9-11,21H,3-5,8,12H2,1-2H3,(H2,29,34,35). The van der Waals surface area contributed by atoms with E-state index in [9.17, 15) is 17.2 Å². The van der Waals surface area contributed by atoms with Crippen molar-refractivity contribution in [2.75, 3.05) is 6.61 Å². The van der Waals surface area contributed by atoms with Gasteiger partial charge in [0.2, 0.25) is 10.0 Å². The number of halogens is 3. The molecule has 1 fully saturated rings. The predicted octanol–water partition coefficient (Wildman–Crippen LogP) is 4.45. The molecule has 1 aliphatic heterocycles. The SMILES string of the molecule is Cc1ncc(F)c(-c2ccc(F)c(COc3cnc4c(c3)c(C)nn4C3CCCCO3)c2F)c1S(N)(=O)=O. The first kappa shape index (κ1) is 26.1. The number of primary sulfonamides is 1. The van der Waals surface area contributed by atoms with Crippen LogP contribution >= 0.6 is 0 Å². The summed E-state index contributed by atoms with van der Waals surface area (Å²) in [4.78, 5) is 7.41. The quantitative estimate of drug-likeness (QED) is 0.378. The second-order valence-corrected chi connectivity index (χ2v) is 10.5. The summed E-state index contributed by atoms with van der Waals surface area (Å²) in [5.41, 5.74) is -0.491. The smallest absolute Gasteiger partial charge is 0.240 e. The summed E-state index contributed by atoms with van der Waals surface area (Å²) in [6, 6.07) is 3.51. The molecule has 200 valence electrons. The van der Waals surface area contributed by atoms with E-state index in [0.717, 1.165) is 37.6 Å². The molecule has 4 heterocycles. The maximum Gasteiger partial charge on any atom is 0.240 e. The molecule has 1 atom stereocenters. The highest BCUT2D eigenvalue weighted by Gasteiger charge is 2.27. The van der Waals surface area contributed by atoms with E-state index in [1.54, 1.807) is 10.7 Å². The minimum atomic E-state index is -4.48. The Morgan fingerprint density at radius 3 is 2.61 bits per heavy atom. The maximum absolute atomic E-state index is 15.5. The Hall–Kier alpha value is -3.55. The summed E-state index contributed by atoms with van der Waals surface area (Å²) in [5, 5.41) is 10.5. The van der Waals surface area contributed by atoms with Crippen molar-refractivity contribution in [1.29, 1.82) is 0 Å². The number of benzene rings is 1. The van der Waals surface area contributed by atoms with Crippen LogP contribution in [-0.4, -0.2) is 34.8 Å². The topological polar surface area (TPSA) is 122 Å². The lowest BCUT2D eigenvalue weighted by Gasteiger charge is -2.23. The second-order valence-electron chi connectivity index (χ2n) is 9.01. The molecule has 0 saturated carbocycles. The molecule has 5 rings (SSSR count). The molecular weight excluding hydrogens is 523 g/mol. The van der Waals surface area contributed by atoms with Crippen LogP contribution in [0.5, 0.6) is 5.75 Å². The largest absolute Gasteiger partial charge is 0.487 e. The van der Waals surface area contributed by atoms with Crippen LogP contribution in [0, 0.1) is 31.3 Å². The molecule has 13 heteroatoms. The summed E-state index contributed by atoms with van der Waals surface area (Å²) < 4.78 is 82.4. The normalized spacial score (nSPS) is 16.2. The lowest BCUT2D eigenvalue weighted by atomic mass is 10.0. The number of nitrogens with two attached hydrogens (primary N) is 1. The maximum atomic E-state index is 15.5. The van der Waals surface area contributed by atoms with Crippen LogP contribution in [0.1, 0.15) is 42.4 Å². The average Bonchev–Trinajstić information content (AvgIpc) is 3.21. The molecule has 1 aromatic carbocycles. The van der Waals surface area contributed by atoms with Crippen LogP contribution in [-0.2, 0) is 21.4 Å². The molecule has 3 aromatic heterocycles. The molecule has 2 N–H and O–H groups in total. The summed E-state index contributed by atoms with van der Waals surface area (Å²) in [5.74, 6) is -3.04. The highest BCUT2D eigenvalue weighted by molar-refractivity contribution is 7.89. The molecule has 0 aliphatic carbocycles. The van der Waals surface area contributed by atoms with Gasteiger partial charge in [0.25, 0.3) is 0 Å². The molecule has 4 aromatic rings. The van der Waals surface area contributed by atoms with Crippen LogP contribution in [0.4, 0.5) is 13.2 Å². The number of fused-ring (bicyclic) bond motifs is 1. The third-order valence-electron chi connectivity index (χ3n) is 6.42. The summed E-state index contributed by atoms with van der Waals surface area (Å²) in [6.45, 7) is 3.17. The van der Waals surface area contributed by atoms with E-state index in [1.807, 2.05) is 6.92 Å². The summed E-state index contributed by atoms with van der Waals surface area (Å²) in [7, 11) is -4.48. The van der Waals surface area contributed by atoms with Gasteiger partial charge in [-0.2, -0.15) is 5.10 Å². The van der Waals surface area contributed by atoms with Crippen LogP contribution in [0.2, 0.25) is 0 Å². The number of hydrogen-bond acceptors (Lipinski definition) is 7. The van der Waals surface area contributed by atoms with Crippen molar-refractivity contribution in [3.8, 4) is 16.9 Å². The van der Waals surface area contributed by atoms with Crippen LogP contribution < -0.4 is 9.88 Å². The molecular formula is C25H24F3N5O4S. The Bertz CT molecular complexity index is 1650. The van der Waals surface area contributed by atoms with Gasteiger partial charge in [0.15, 0.2) is 17.7 Å². The average molecular weight is 548 g/mol. The summed E-state index contributed by atoms with van der Waals surface area (Å²) >= 11 is 0. The molecule has 0 radical (unpaired) electrons. The van der Waals surface area contributed by atoms with Gasteiger partial charge < -0.3 is 9.47 Å². The van der Waals surface area contributed by atoms with Crippen LogP contribution in [0.3, 0.4) is 0 Å². The third-order valence-corrected chi connectivity index (χ3v) is 7.49. The zero-order chi connectivity index (χ0) is 27.2. The van der Waals surface area contributed by atoms with Gasteiger partial charge in [-0.1, -0.05) is 0 Å². The number of aryl methyl sites for hydroxylation is 2. The number of sulfonamides is 1. The monoisotopic (exact) mass is 547 g/mol. The first-order valence-electron chi connectivity index (χ1n) is 11.8. The van der Waals surface area contributed by atoms with Gasteiger partial charge in [0, 0.05) is 23.1 Å². The van der Waals surface area contributed by atoms with E-state index >= 15 is 4.39 Å². The molecule has 0 bridgehead atoms. The molecule has 0 amide bonds. The Morgan fingerprint density at radius 1 is 1.11 bits per heavy atom. The minimum absolute atomic E-state index is 0.126. The number of nitrogens with zero attached hydrogens (tertiary/aromatic N) is 4. The van der Waals surface area contributed by atoms with Crippen molar-refractivity contribution >= 4 is 21.1 Å². The number of ether oxygens (including phenoxy) is 2. The fraction of sp³-hybridized carbons (Fsp3) is 0.320. The molecule has 1 aliphatic rings. The zero-order valence-electron chi connectivity index (χ0n) is 20.5. The Labute approximate surface area is 216 Å². The Kier molecular flexibility index (Phi) is 6.84. The molecule has 38 heavy (non-hydrogen) atoms.